The van der Waals surface area contributed by atoms with Crippen LogP contribution >= 0.6 is 11.6 Å². The maximum Gasteiger partial charge on any atom is 0.394 e. The number of halogens is 5. The van der Waals surface area contributed by atoms with E-state index in [4.69, 9.17) is 11.6 Å². The van der Waals surface area contributed by atoms with Crippen molar-refractivity contribution in [3.63, 3.8) is 0 Å². The molecule has 1 amide bonds. The van der Waals surface area contributed by atoms with Gasteiger partial charge in [0.2, 0.25) is 0 Å². The Kier molecular flexibility index (Phi) is 6.36. The first-order valence-corrected chi connectivity index (χ1v) is 13.6. The first-order valence-electron chi connectivity index (χ1n) is 13.2. The minimum atomic E-state index is -4.45. The molecule has 6 rings (SSSR count). The lowest BCUT2D eigenvalue weighted by Crippen LogP contribution is -2.55. The van der Waals surface area contributed by atoms with Crippen molar-refractivity contribution >= 4 is 23.6 Å². The number of benzene rings is 1. The van der Waals surface area contributed by atoms with Gasteiger partial charge in [0.05, 0.1) is 23.9 Å². The maximum absolute atomic E-state index is 14.2. The summed E-state index contributed by atoms with van der Waals surface area (Å²) in [6.07, 6.45) is 8.13. The molecule has 0 bridgehead atoms. The number of nitrogens with zero attached hydrogens (tertiary/aromatic N) is 2. The average molecular weight is 558 g/mol. The Bertz CT molecular complexity index is 1450. The fraction of sp³-hybridized carbons (Fsp3) is 0.400. The second kappa shape index (κ2) is 9.51. The van der Waals surface area contributed by atoms with E-state index in [1.54, 1.807) is 36.4 Å². The Labute approximate surface area is 229 Å². The highest BCUT2D eigenvalue weighted by molar-refractivity contribution is 6.30. The first kappa shape index (κ1) is 26.1. The Morgan fingerprint density at radius 3 is 2.77 bits per heavy atom. The predicted octanol–water partition coefficient (Wildman–Crippen LogP) is 7.55. The molecule has 2 aromatic rings. The number of carbonyl (C=O) groups is 1. The Balaban J connectivity index is 1.32. The van der Waals surface area contributed by atoms with Crippen LogP contribution in [0.3, 0.4) is 0 Å². The third-order valence-corrected chi connectivity index (χ3v) is 9.08. The van der Waals surface area contributed by atoms with Gasteiger partial charge in [0, 0.05) is 28.0 Å². The number of amides is 1. The van der Waals surface area contributed by atoms with E-state index in [0.717, 1.165) is 22.4 Å². The molecule has 9 heteroatoms. The molecular weight excluding hydrogens is 530 g/mol. The van der Waals surface area contributed by atoms with Crippen molar-refractivity contribution in [2.75, 3.05) is 0 Å². The van der Waals surface area contributed by atoms with E-state index >= 15 is 0 Å². The number of nitrogens with one attached hydrogen (secondary N) is 1. The molecule has 1 saturated carbocycles. The maximum atomic E-state index is 14.2. The van der Waals surface area contributed by atoms with Crippen molar-refractivity contribution in [2.24, 2.45) is 17.3 Å². The highest BCUT2D eigenvalue weighted by Crippen LogP contribution is 2.57. The molecule has 2 unspecified atom stereocenters. The normalized spacial score (nSPS) is 29.8. The number of aromatic nitrogens is 2. The van der Waals surface area contributed by atoms with E-state index in [0.29, 0.717) is 30.7 Å². The fourth-order valence-electron chi connectivity index (χ4n) is 6.89. The van der Waals surface area contributed by atoms with Crippen LogP contribution in [-0.4, -0.2) is 27.9 Å². The molecule has 1 heterocycles. The molecule has 1 aromatic heterocycles. The van der Waals surface area contributed by atoms with Crippen LogP contribution in [0.5, 0.6) is 0 Å². The largest absolute Gasteiger partial charge is 0.394 e. The summed E-state index contributed by atoms with van der Waals surface area (Å²) in [7, 11) is 0. The molecule has 4 aliphatic rings. The lowest BCUT2D eigenvalue weighted by atomic mass is 9.55. The van der Waals surface area contributed by atoms with E-state index in [1.807, 2.05) is 10.9 Å². The van der Waals surface area contributed by atoms with Crippen LogP contribution in [0.25, 0.3) is 6.08 Å². The van der Waals surface area contributed by atoms with Crippen molar-refractivity contribution in [3.8, 4) is 0 Å². The summed E-state index contributed by atoms with van der Waals surface area (Å²) in [5.74, 6) is -2.92. The van der Waals surface area contributed by atoms with Crippen molar-refractivity contribution < 1.29 is 22.4 Å². The molecule has 39 heavy (non-hydrogen) atoms. The number of hydrogen-bond donors (Lipinski definition) is 1. The quantitative estimate of drug-likeness (QED) is 0.313. The zero-order chi connectivity index (χ0) is 27.5. The number of allylic oxidation sites excluding steroid dienone is 6. The summed E-state index contributed by atoms with van der Waals surface area (Å²) in [4.78, 5) is 13.1. The van der Waals surface area contributed by atoms with Gasteiger partial charge in [-0.05, 0) is 74.1 Å². The molecule has 5 atom stereocenters. The highest BCUT2D eigenvalue weighted by atomic mass is 35.5. The number of hydrogen-bond acceptors (Lipinski definition) is 2. The molecule has 204 valence electrons. The van der Waals surface area contributed by atoms with Gasteiger partial charge in [-0.25, -0.2) is 4.39 Å². The summed E-state index contributed by atoms with van der Waals surface area (Å²) in [5, 5.41) is 7.72. The third-order valence-electron chi connectivity index (χ3n) is 8.85. The summed E-state index contributed by atoms with van der Waals surface area (Å²) >= 11 is 6.03. The van der Waals surface area contributed by atoms with Gasteiger partial charge in [0.15, 0.2) is 0 Å². The van der Waals surface area contributed by atoms with Gasteiger partial charge in [-0.2, -0.15) is 18.3 Å². The van der Waals surface area contributed by atoms with Gasteiger partial charge in [0.25, 0.3) is 5.91 Å². The SMILES string of the molecule is C[C@]12Cc3cnn(C4C=CC(F)=CC4)c3C=C1CCC1C2=CC[C@@H](C(F)(F)F)[C@@H]1NC(=O)c1cccc(Cl)c1. The van der Waals surface area contributed by atoms with E-state index in [2.05, 4.69) is 23.4 Å². The summed E-state index contributed by atoms with van der Waals surface area (Å²) in [5.41, 5.74) is 3.88. The smallest absolute Gasteiger partial charge is 0.348 e. The molecule has 0 aliphatic heterocycles. The van der Waals surface area contributed by atoms with E-state index in [9.17, 15) is 22.4 Å². The van der Waals surface area contributed by atoms with Gasteiger partial charge < -0.3 is 5.32 Å². The number of alkyl halides is 3. The zero-order valence-corrected chi connectivity index (χ0v) is 22.1. The second-order valence-corrected chi connectivity index (χ2v) is 11.6. The summed E-state index contributed by atoms with van der Waals surface area (Å²) < 4.78 is 58.1. The van der Waals surface area contributed by atoms with Gasteiger partial charge in [0.1, 0.15) is 5.83 Å². The van der Waals surface area contributed by atoms with Crippen molar-refractivity contribution in [1.29, 1.82) is 0 Å². The summed E-state index contributed by atoms with van der Waals surface area (Å²) in [6.45, 7) is 2.10. The van der Waals surface area contributed by atoms with E-state index in [1.165, 1.54) is 12.1 Å². The van der Waals surface area contributed by atoms with Crippen LogP contribution in [0.15, 0.2) is 71.7 Å². The van der Waals surface area contributed by atoms with Gasteiger partial charge in [-0.1, -0.05) is 47.9 Å². The minimum absolute atomic E-state index is 0.0849. The fourth-order valence-corrected chi connectivity index (χ4v) is 7.08. The molecule has 1 N–H and O–H groups in total. The molecule has 4 nitrogen and oxygen atoms in total. The highest BCUT2D eigenvalue weighted by Gasteiger charge is 2.54. The van der Waals surface area contributed by atoms with Gasteiger partial charge >= 0.3 is 6.18 Å². The Hall–Kier alpha value is -3.13. The van der Waals surface area contributed by atoms with Crippen LogP contribution in [0.1, 0.15) is 60.3 Å². The monoisotopic (exact) mass is 557 g/mol. The van der Waals surface area contributed by atoms with E-state index < -0.39 is 35.4 Å². The van der Waals surface area contributed by atoms with Crippen molar-refractivity contribution in [2.45, 2.75) is 57.3 Å². The molecule has 0 saturated heterocycles. The number of rotatable bonds is 3. The van der Waals surface area contributed by atoms with Crippen LogP contribution in [0, 0.1) is 17.3 Å². The molecule has 0 spiro atoms. The standard InChI is InChI=1S/C30H28ClF4N3O/c1-29-15-18-16-36-38(22-8-6-21(32)7-9-22)26(18)14-19(29)5-10-23-24(29)11-12-25(30(33,34)35)27(23)37-28(39)17-3-2-4-20(31)13-17/h2-4,6-8,11,13-14,16,22-23,25,27H,5,9-10,12,15H2,1H3,(H,37,39)/t22?,23?,25-,27-,29+/m1/s1. The molecule has 0 radical (unpaired) electrons. The Morgan fingerprint density at radius 1 is 1.23 bits per heavy atom. The molecule has 1 fully saturated rings. The van der Waals surface area contributed by atoms with Gasteiger partial charge in [-0.15, -0.1) is 0 Å². The average Bonchev–Trinajstić information content (AvgIpc) is 3.29. The molecular formula is C30H28ClF4N3O. The zero-order valence-electron chi connectivity index (χ0n) is 21.3. The summed E-state index contributed by atoms with van der Waals surface area (Å²) in [6, 6.07) is 5.09. The second-order valence-electron chi connectivity index (χ2n) is 11.1. The van der Waals surface area contributed by atoms with Crippen LogP contribution in [0.4, 0.5) is 17.6 Å². The lowest BCUT2D eigenvalue weighted by molar-refractivity contribution is -0.186. The van der Waals surface area contributed by atoms with Crippen molar-refractivity contribution in [1.82, 2.24) is 15.1 Å². The Morgan fingerprint density at radius 2 is 2.05 bits per heavy atom. The number of fused-ring (bicyclic) bond motifs is 4. The molecule has 4 aliphatic carbocycles. The van der Waals surface area contributed by atoms with Crippen LogP contribution in [-0.2, 0) is 6.42 Å². The van der Waals surface area contributed by atoms with E-state index in [-0.39, 0.29) is 23.9 Å². The molecule has 1 aromatic carbocycles. The predicted molar refractivity (Wildman–Crippen MR) is 142 cm³/mol. The van der Waals surface area contributed by atoms with Crippen LogP contribution < -0.4 is 5.32 Å². The first-order chi connectivity index (χ1) is 18.5. The van der Waals surface area contributed by atoms with Crippen molar-refractivity contribution in [3.05, 3.63) is 93.6 Å². The lowest BCUT2D eigenvalue weighted by Gasteiger charge is -2.51. The minimum Gasteiger partial charge on any atom is -0.348 e. The van der Waals surface area contributed by atoms with Gasteiger partial charge in [-0.3, -0.25) is 9.48 Å². The number of carbonyl (C=O) groups excluding carboxylic acids is 1. The third kappa shape index (κ3) is 4.56. The topological polar surface area (TPSA) is 46.9 Å². The van der Waals surface area contributed by atoms with Crippen LogP contribution in [0.2, 0.25) is 5.02 Å².